The summed E-state index contributed by atoms with van der Waals surface area (Å²) in [6.45, 7) is 4.35. The van der Waals surface area contributed by atoms with Gasteiger partial charge >= 0.3 is 11.9 Å². The van der Waals surface area contributed by atoms with Crippen molar-refractivity contribution in [2.75, 3.05) is 37.9 Å². The number of pyridine rings is 2. The lowest BCUT2D eigenvalue weighted by molar-refractivity contribution is 0.0518. The maximum atomic E-state index is 13.7. The number of hydrogen-bond acceptors (Lipinski definition) is 14. The van der Waals surface area contributed by atoms with E-state index in [9.17, 15) is 19.2 Å². The molecular formula is C49H42N6O8S2. The van der Waals surface area contributed by atoms with Crippen LogP contribution in [-0.4, -0.2) is 60.1 Å². The van der Waals surface area contributed by atoms with Crippen molar-refractivity contribution in [2.24, 2.45) is 11.5 Å². The van der Waals surface area contributed by atoms with Gasteiger partial charge in [0.25, 0.3) is 11.8 Å². The van der Waals surface area contributed by atoms with E-state index in [1.807, 2.05) is 84.9 Å². The molecule has 14 nitrogen and oxygen atoms in total. The van der Waals surface area contributed by atoms with E-state index < -0.39 is 23.8 Å². The van der Waals surface area contributed by atoms with Crippen molar-refractivity contribution in [1.82, 2.24) is 9.97 Å². The fourth-order valence-electron chi connectivity index (χ4n) is 7.54. The maximum absolute atomic E-state index is 13.7. The zero-order chi connectivity index (χ0) is 45.8. The minimum atomic E-state index is -0.695. The van der Waals surface area contributed by atoms with Crippen LogP contribution in [0.4, 0.5) is 11.4 Å². The number of benzene rings is 4. The summed E-state index contributed by atoms with van der Waals surface area (Å²) in [5.41, 5.74) is 29.5. The van der Waals surface area contributed by atoms with Gasteiger partial charge in [0.1, 0.15) is 30.9 Å². The Morgan fingerprint density at radius 3 is 1.23 bits per heavy atom. The van der Waals surface area contributed by atoms with Gasteiger partial charge in [-0.1, -0.05) is 84.9 Å². The van der Waals surface area contributed by atoms with Gasteiger partial charge < -0.3 is 41.9 Å². The van der Waals surface area contributed by atoms with Crippen LogP contribution in [0.15, 0.2) is 109 Å². The van der Waals surface area contributed by atoms with Gasteiger partial charge in [0, 0.05) is 39.4 Å². The van der Waals surface area contributed by atoms with Crippen molar-refractivity contribution in [3.05, 3.63) is 130 Å². The van der Waals surface area contributed by atoms with Crippen LogP contribution in [0.2, 0.25) is 0 Å². The Morgan fingerprint density at radius 2 is 0.892 bits per heavy atom. The molecule has 328 valence electrons. The van der Waals surface area contributed by atoms with Gasteiger partial charge in [-0.05, 0) is 49.2 Å². The second-order valence-corrected chi connectivity index (χ2v) is 16.5. The summed E-state index contributed by atoms with van der Waals surface area (Å²) in [5.74, 6) is -1.42. The minimum Gasteiger partial charge on any atom is -0.493 e. The number of nitrogens with zero attached hydrogens (tertiary/aromatic N) is 2. The van der Waals surface area contributed by atoms with E-state index >= 15 is 0 Å². The van der Waals surface area contributed by atoms with E-state index in [2.05, 4.69) is 0 Å². The Labute approximate surface area is 380 Å². The summed E-state index contributed by atoms with van der Waals surface area (Å²) in [4.78, 5) is 63.1. The number of nitrogen functional groups attached to an aromatic ring is 2. The van der Waals surface area contributed by atoms with Gasteiger partial charge in [-0.2, -0.15) is 0 Å². The van der Waals surface area contributed by atoms with E-state index in [1.54, 1.807) is 38.1 Å². The molecular weight excluding hydrogens is 865 g/mol. The van der Waals surface area contributed by atoms with Gasteiger partial charge in [-0.3, -0.25) is 9.59 Å². The van der Waals surface area contributed by atoms with Crippen LogP contribution in [0.3, 0.4) is 0 Å². The second kappa shape index (κ2) is 18.9. The third-order valence-electron chi connectivity index (χ3n) is 10.4. The van der Waals surface area contributed by atoms with E-state index in [-0.39, 0.29) is 45.5 Å². The molecule has 0 unspecified atom stereocenters. The lowest BCUT2D eigenvalue weighted by atomic mass is 9.92. The molecule has 8 rings (SSSR count). The molecule has 0 saturated heterocycles. The number of carbonyl (C=O) groups is 4. The molecule has 65 heavy (non-hydrogen) atoms. The molecule has 0 bridgehead atoms. The number of nitrogens with two attached hydrogens (primary N) is 4. The van der Waals surface area contributed by atoms with Crippen LogP contribution in [0, 0.1) is 0 Å². The first-order valence-electron chi connectivity index (χ1n) is 20.5. The molecule has 0 atom stereocenters. The Balaban J connectivity index is 1.02. The van der Waals surface area contributed by atoms with Crippen LogP contribution in [-0.2, 0) is 9.47 Å². The summed E-state index contributed by atoms with van der Waals surface area (Å²) in [7, 11) is 0. The number of thiophene rings is 2. The highest BCUT2D eigenvalue weighted by Crippen LogP contribution is 2.46. The van der Waals surface area contributed by atoms with E-state index in [0.717, 1.165) is 22.7 Å². The summed E-state index contributed by atoms with van der Waals surface area (Å²) in [5, 5.41) is 0.868. The van der Waals surface area contributed by atoms with Crippen molar-refractivity contribution < 1.29 is 38.1 Å². The van der Waals surface area contributed by atoms with Crippen LogP contribution in [0.1, 0.15) is 60.3 Å². The van der Waals surface area contributed by atoms with Crippen LogP contribution in [0.5, 0.6) is 11.5 Å². The molecule has 0 aliphatic heterocycles. The summed E-state index contributed by atoms with van der Waals surface area (Å²) < 4.78 is 23.2. The number of anilines is 2. The van der Waals surface area contributed by atoms with E-state index in [1.165, 1.54) is 0 Å². The largest absolute Gasteiger partial charge is 0.493 e. The van der Waals surface area contributed by atoms with Crippen molar-refractivity contribution in [3.63, 3.8) is 0 Å². The second-order valence-electron chi connectivity index (χ2n) is 14.5. The van der Waals surface area contributed by atoms with Crippen molar-refractivity contribution in [2.45, 2.75) is 20.3 Å². The molecule has 0 spiro atoms. The number of esters is 2. The standard InChI is InChI=1S/C49H42N6O8S2/c1-3-60-48(58)36-32(34-38(50)42(44(52)56)64-46(34)54-40(36)28-12-7-5-8-13-28)26-16-20-30(21-17-26)62-24-11-25-63-31-22-18-27(19-23-31)33-35-39(51)43(45(53)57)65-47(35)55-41(29-14-9-6-10-15-29)37(33)49(59)61-4-2/h5-10,12-23H,3-4,11,24-25,50-51H2,1-2H3,(H2,52,56)(H2,53,57). The van der Waals surface area contributed by atoms with Gasteiger partial charge in [0.05, 0.1) is 60.3 Å². The van der Waals surface area contributed by atoms with Crippen molar-refractivity contribution >= 4 is 78.2 Å². The molecule has 0 aliphatic rings. The number of fused-ring (bicyclic) bond motifs is 2. The first kappa shape index (κ1) is 43.8. The average Bonchev–Trinajstić information content (AvgIpc) is 3.84. The van der Waals surface area contributed by atoms with Gasteiger partial charge in [0.2, 0.25) is 0 Å². The average molecular weight is 907 g/mol. The third-order valence-corrected chi connectivity index (χ3v) is 12.6. The first-order valence-corrected chi connectivity index (χ1v) is 22.2. The van der Waals surface area contributed by atoms with Gasteiger partial charge in [-0.15, -0.1) is 22.7 Å². The number of amides is 2. The highest BCUT2D eigenvalue weighted by molar-refractivity contribution is 7.21. The Kier molecular flexibility index (Phi) is 12.7. The van der Waals surface area contributed by atoms with Crippen LogP contribution in [0.25, 0.3) is 65.2 Å². The topological polar surface area (TPSA) is 235 Å². The molecule has 4 heterocycles. The lowest BCUT2D eigenvalue weighted by Gasteiger charge is -2.16. The molecule has 0 aliphatic carbocycles. The number of primary amides is 2. The van der Waals surface area contributed by atoms with E-state index in [0.29, 0.717) is 96.3 Å². The number of rotatable bonds is 16. The number of hydrogen-bond donors (Lipinski definition) is 4. The molecule has 0 saturated carbocycles. The number of aromatic nitrogens is 2. The Bertz CT molecular complexity index is 2890. The van der Waals surface area contributed by atoms with Crippen molar-refractivity contribution in [3.8, 4) is 56.3 Å². The third kappa shape index (κ3) is 8.64. The fourth-order valence-corrected chi connectivity index (χ4v) is 9.45. The molecule has 16 heteroatoms. The SMILES string of the molecule is CCOC(=O)c1c(-c2ccccc2)nc2sc(C(N)=O)c(N)c2c1-c1ccc(OCCCOc2ccc(-c3c(C(=O)OCC)c(-c4ccccc4)nc4sc(C(N)=O)c(N)c34)cc2)cc1. The lowest BCUT2D eigenvalue weighted by Crippen LogP contribution is -2.12. The monoisotopic (exact) mass is 906 g/mol. The summed E-state index contributed by atoms with van der Waals surface area (Å²) in [6.07, 6.45) is 0.531. The molecule has 4 aromatic heterocycles. The van der Waals surface area contributed by atoms with Gasteiger partial charge in [0.15, 0.2) is 0 Å². The molecule has 8 N–H and O–H groups in total. The number of carbonyl (C=O) groups excluding carboxylic acids is 4. The highest BCUT2D eigenvalue weighted by atomic mass is 32.1. The van der Waals surface area contributed by atoms with E-state index in [4.69, 9.17) is 51.9 Å². The predicted octanol–water partition coefficient (Wildman–Crippen LogP) is 9.14. The molecule has 2 amide bonds. The zero-order valence-electron chi connectivity index (χ0n) is 35.2. The minimum absolute atomic E-state index is 0.131. The molecule has 0 fully saturated rings. The smallest absolute Gasteiger partial charge is 0.341 e. The predicted molar refractivity (Wildman–Crippen MR) is 254 cm³/mol. The fraction of sp³-hybridized carbons (Fsp3) is 0.143. The quantitative estimate of drug-likeness (QED) is 0.0525. The Morgan fingerprint density at radius 1 is 0.523 bits per heavy atom. The molecule has 0 radical (unpaired) electrons. The normalized spacial score (nSPS) is 11.1. The van der Waals surface area contributed by atoms with Crippen LogP contribution >= 0.6 is 22.7 Å². The summed E-state index contributed by atoms with van der Waals surface area (Å²) in [6, 6.07) is 32.9. The number of ether oxygens (including phenoxy) is 4. The Hall–Kier alpha value is -7.82. The molecule has 4 aromatic carbocycles. The maximum Gasteiger partial charge on any atom is 0.341 e. The first-order chi connectivity index (χ1) is 31.5. The zero-order valence-corrected chi connectivity index (χ0v) is 36.8. The molecule has 8 aromatic rings. The highest BCUT2D eigenvalue weighted by Gasteiger charge is 2.30. The van der Waals surface area contributed by atoms with Gasteiger partial charge in [-0.25, -0.2) is 19.6 Å². The van der Waals surface area contributed by atoms with Crippen molar-refractivity contribution in [1.29, 1.82) is 0 Å². The summed E-state index contributed by atoms with van der Waals surface area (Å²) >= 11 is 2.14. The van der Waals surface area contributed by atoms with Crippen LogP contribution < -0.4 is 32.4 Å².